The smallest absolute Gasteiger partial charge is 0.0964 e. The van der Waals surface area contributed by atoms with Gasteiger partial charge in [-0.05, 0) is 42.0 Å². The molecule has 0 radical (unpaired) electrons. The summed E-state index contributed by atoms with van der Waals surface area (Å²) in [5.74, 6) is 0.575. The van der Waals surface area contributed by atoms with Gasteiger partial charge in [0.15, 0.2) is 0 Å². The van der Waals surface area contributed by atoms with E-state index in [9.17, 15) is 0 Å². The summed E-state index contributed by atoms with van der Waals surface area (Å²) in [7, 11) is 0. The van der Waals surface area contributed by atoms with Crippen molar-refractivity contribution >= 4 is 38.2 Å². The fourth-order valence-electron chi connectivity index (χ4n) is 1.48. The lowest BCUT2D eigenvalue weighted by molar-refractivity contribution is 1.46. The van der Waals surface area contributed by atoms with Gasteiger partial charge in [0.25, 0.3) is 0 Å². The Balaban J connectivity index is 2.57. The molecule has 3 heteroatoms. The summed E-state index contributed by atoms with van der Waals surface area (Å²) in [4.78, 5) is 4.21. The zero-order valence-electron chi connectivity index (χ0n) is 8.37. The maximum Gasteiger partial charge on any atom is 0.0964 e. The van der Waals surface area contributed by atoms with E-state index in [0.29, 0.717) is 5.84 Å². The van der Waals surface area contributed by atoms with Gasteiger partial charge in [0.2, 0.25) is 0 Å². The molecule has 76 valence electrons. The van der Waals surface area contributed by atoms with Crippen molar-refractivity contribution in [1.82, 2.24) is 0 Å². The molecule has 2 N–H and O–H groups in total. The van der Waals surface area contributed by atoms with Crippen LogP contribution in [-0.4, -0.2) is 5.84 Å². The molecule has 0 heterocycles. The fraction of sp³-hybridized carbons (Fsp3) is 0.0833. The third-order valence-electron chi connectivity index (χ3n) is 2.09. The molecule has 0 aromatic heterocycles. The van der Waals surface area contributed by atoms with Crippen LogP contribution >= 0.6 is 15.9 Å². The summed E-state index contributed by atoms with van der Waals surface area (Å²) < 4.78 is 1.08. The predicted octanol–water partition coefficient (Wildman–Crippen LogP) is 3.61. The Bertz CT molecular complexity index is 528. The van der Waals surface area contributed by atoms with E-state index in [4.69, 9.17) is 5.73 Å². The minimum absolute atomic E-state index is 0.575. The second kappa shape index (κ2) is 4.03. The SMILES string of the molecule is CC(N)=Nc1ccc2cc(Br)ccc2c1. The van der Waals surface area contributed by atoms with Crippen molar-refractivity contribution in [3.63, 3.8) is 0 Å². The highest BCUT2D eigenvalue weighted by atomic mass is 79.9. The second-order valence-electron chi connectivity index (χ2n) is 3.43. The van der Waals surface area contributed by atoms with Crippen LogP contribution in [0.5, 0.6) is 0 Å². The Kier molecular flexibility index (Phi) is 2.73. The number of nitrogens with zero attached hydrogens (tertiary/aromatic N) is 1. The minimum Gasteiger partial charge on any atom is -0.387 e. The molecule has 0 aliphatic carbocycles. The Morgan fingerprint density at radius 2 is 1.80 bits per heavy atom. The molecule has 2 nitrogen and oxygen atoms in total. The maximum absolute atomic E-state index is 5.54. The van der Waals surface area contributed by atoms with Gasteiger partial charge < -0.3 is 5.73 Å². The van der Waals surface area contributed by atoms with Crippen LogP contribution in [0.25, 0.3) is 10.8 Å². The van der Waals surface area contributed by atoms with E-state index in [2.05, 4.69) is 33.1 Å². The topological polar surface area (TPSA) is 38.4 Å². The van der Waals surface area contributed by atoms with Crippen LogP contribution in [0.2, 0.25) is 0 Å². The highest BCUT2D eigenvalue weighted by Crippen LogP contribution is 2.24. The molecular weight excluding hydrogens is 252 g/mol. The van der Waals surface area contributed by atoms with E-state index < -0.39 is 0 Å². The molecule has 0 aliphatic rings. The molecule has 0 unspecified atom stereocenters. The Labute approximate surface area is 96.9 Å². The molecule has 0 amide bonds. The zero-order valence-corrected chi connectivity index (χ0v) is 9.95. The number of benzene rings is 2. The van der Waals surface area contributed by atoms with Gasteiger partial charge in [-0.25, -0.2) is 4.99 Å². The molecule has 15 heavy (non-hydrogen) atoms. The molecule has 0 aliphatic heterocycles. The highest BCUT2D eigenvalue weighted by Gasteiger charge is 1.96. The molecule has 0 atom stereocenters. The van der Waals surface area contributed by atoms with E-state index in [0.717, 1.165) is 10.2 Å². The summed E-state index contributed by atoms with van der Waals surface area (Å²) in [5, 5.41) is 2.36. The Morgan fingerprint density at radius 1 is 1.13 bits per heavy atom. The van der Waals surface area contributed by atoms with Gasteiger partial charge in [-0.15, -0.1) is 0 Å². The summed E-state index contributed by atoms with van der Waals surface area (Å²) in [5.41, 5.74) is 6.43. The molecule has 0 fully saturated rings. The van der Waals surface area contributed by atoms with Gasteiger partial charge >= 0.3 is 0 Å². The molecule has 0 saturated carbocycles. The second-order valence-corrected chi connectivity index (χ2v) is 4.34. The van der Waals surface area contributed by atoms with E-state index in [1.54, 1.807) is 6.92 Å². The molecule has 0 bridgehead atoms. The van der Waals surface area contributed by atoms with E-state index >= 15 is 0 Å². The summed E-state index contributed by atoms with van der Waals surface area (Å²) in [6.45, 7) is 1.78. The van der Waals surface area contributed by atoms with Crippen LogP contribution in [0, 0.1) is 0 Å². The molecule has 0 saturated heterocycles. The first-order valence-corrected chi connectivity index (χ1v) is 5.44. The van der Waals surface area contributed by atoms with Crippen LogP contribution in [-0.2, 0) is 0 Å². The standard InChI is InChI=1S/C12H11BrN2/c1-8(14)15-12-5-3-9-6-11(13)4-2-10(9)7-12/h2-7H,1H3,(H2,14,15). The largest absolute Gasteiger partial charge is 0.387 e. The average molecular weight is 263 g/mol. The zero-order chi connectivity index (χ0) is 10.8. The van der Waals surface area contributed by atoms with Gasteiger partial charge in [0, 0.05) is 4.47 Å². The van der Waals surface area contributed by atoms with Crippen molar-refractivity contribution in [3.8, 4) is 0 Å². The van der Waals surface area contributed by atoms with E-state index in [-0.39, 0.29) is 0 Å². The van der Waals surface area contributed by atoms with Gasteiger partial charge in [-0.1, -0.05) is 28.1 Å². The van der Waals surface area contributed by atoms with Crippen molar-refractivity contribution in [3.05, 3.63) is 40.9 Å². The van der Waals surface area contributed by atoms with E-state index in [1.807, 2.05) is 24.3 Å². The third-order valence-corrected chi connectivity index (χ3v) is 2.58. The van der Waals surface area contributed by atoms with Gasteiger partial charge in [0.1, 0.15) is 0 Å². The summed E-state index contributed by atoms with van der Waals surface area (Å²) >= 11 is 3.44. The first-order valence-electron chi connectivity index (χ1n) is 4.65. The lowest BCUT2D eigenvalue weighted by atomic mass is 10.1. The molecular formula is C12H11BrN2. The lowest BCUT2D eigenvalue weighted by Gasteiger charge is -2.00. The third kappa shape index (κ3) is 2.36. The Morgan fingerprint density at radius 3 is 2.53 bits per heavy atom. The number of hydrogen-bond donors (Lipinski definition) is 1. The average Bonchev–Trinajstić information content (AvgIpc) is 2.17. The van der Waals surface area contributed by atoms with Crippen molar-refractivity contribution in [2.75, 3.05) is 0 Å². The van der Waals surface area contributed by atoms with Crippen molar-refractivity contribution in [1.29, 1.82) is 0 Å². The molecule has 0 spiro atoms. The van der Waals surface area contributed by atoms with Crippen LogP contribution in [0.15, 0.2) is 45.9 Å². The lowest BCUT2D eigenvalue weighted by Crippen LogP contribution is -2.03. The first kappa shape index (κ1) is 10.2. The highest BCUT2D eigenvalue weighted by molar-refractivity contribution is 9.10. The Hall–Kier alpha value is -1.35. The summed E-state index contributed by atoms with van der Waals surface area (Å²) in [6.07, 6.45) is 0. The summed E-state index contributed by atoms with van der Waals surface area (Å²) in [6, 6.07) is 12.2. The van der Waals surface area contributed by atoms with Gasteiger partial charge in [0.05, 0.1) is 11.5 Å². The van der Waals surface area contributed by atoms with Crippen molar-refractivity contribution < 1.29 is 0 Å². The number of nitrogens with two attached hydrogens (primary N) is 1. The number of rotatable bonds is 1. The number of halogens is 1. The molecule has 2 rings (SSSR count). The monoisotopic (exact) mass is 262 g/mol. The number of aliphatic imine (C=N–C) groups is 1. The number of hydrogen-bond acceptors (Lipinski definition) is 1. The minimum atomic E-state index is 0.575. The predicted molar refractivity (Wildman–Crippen MR) is 68.6 cm³/mol. The van der Waals surface area contributed by atoms with Gasteiger partial charge in [-0.3, -0.25) is 0 Å². The number of amidine groups is 1. The van der Waals surface area contributed by atoms with Crippen molar-refractivity contribution in [2.24, 2.45) is 10.7 Å². The van der Waals surface area contributed by atoms with Crippen LogP contribution in [0.4, 0.5) is 5.69 Å². The van der Waals surface area contributed by atoms with Crippen molar-refractivity contribution in [2.45, 2.75) is 6.92 Å². The number of fused-ring (bicyclic) bond motifs is 1. The first-order chi connectivity index (χ1) is 7.15. The quantitative estimate of drug-likeness (QED) is 0.619. The van der Waals surface area contributed by atoms with Crippen LogP contribution < -0.4 is 5.73 Å². The van der Waals surface area contributed by atoms with Crippen LogP contribution in [0.3, 0.4) is 0 Å². The van der Waals surface area contributed by atoms with E-state index in [1.165, 1.54) is 10.8 Å². The van der Waals surface area contributed by atoms with Gasteiger partial charge in [-0.2, -0.15) is 0 Å². The normalized spacial score (nSPS) is 12.0. The molecule has 2 aromatic carbocycles. The van der Waals surface area contributed by atoms with Crippen LogP contribution in [0.1, 0.15) is 6.92 Å². The maximum atomic E-state index is 5.54. The molecule has 2 aromatic rings. The fourth-order valence-corrected chi connectivity index (χ4v) is 1.86.